The van der Waals surface area contributed by atoms with Gasteiger partial charge in [0.05, 0.1) is 4.92 Å². The summed E-state index contributed by atoms with van der Waals surface area (Å²) in [5.41, 5.74) is -0.0435. The van der Waals surface area contributed by atoms with Crippen LogP contribution in [-0.2, 0) is 4.43 Å². The molecule has 76 valence electrons. The molecule has 0 fully saturated rings. The topological polar surface area (TPSA) is 61.6 Å². The number of ether oxygens (including phenoxy) is 1. The summed E-state index contributed by atoms with van der Waals surface area (Å²) in [4.78, 5) is 10.1. The standard InChI is InChI=1S/C8H11NO4Si/c1-6(13-14)12-8-5-3-2-4-7(8)9(10)11/h2-6H,1,14H3. The molecule has 0 amide bonds. The summed E-state index contributed by atoms with van der Waals surface area (Å²) in [6.07, 6.45) is -0.442. The van der Waals surface area contributed by atoms with Gasteiger partial charge in [-0.1, -0.05) is 12.1 Å². The molecule has 0 spiro atoms. The normalized spacial score (nSPS) is 12.4. The van der Waals surface area contributed by atoms with Gasteiger partial charge in [-0.05, 0) is 13.0 Å². The van der Waals surface area contributed by atoms with E-state index in [1.54, 1.807) is 25.1 Å². The highest BCUT2D eigenvalue weighted by Crippen LogP contribution is 2.26. The Bertz CT molecular complexity index is 331. The molecule has 5 nitrogen and oxygen atoms in total. The van der Waals surface area contributed by atoms with Crippen LogP contribution in [0, 0.1) is 10.1 Å². The molecule has 1 atom stereocenters. The zero-order chi connectivity index (χ0) is 10.6. The fraction of sp³-hybridized carbons (Fsp3) is 0.250. The SMILES string of the molecule is CC(O[SiH3])Oc1ccccc1[N+](=O)[O-]. The molecule has 0 bridgehead atoms. The third kappa shape index (κ3) is 2.54. The molecule has 6 heteroatoms. The highest BCUT2D eigenvalue weighted by atomic mass is 28.2. The van der Waals surface area contributed by atoms with Crippen LogP contribution in [0.3, 0.4) is 0 Å². The highest BCUT2D eigenvalue weighted by Gasteiger charge is 2.15. The predicted octanol–water partition coefficient (Wildman–Crippen LogP) is 0.617. The van der Waals surface area contributed by atoms with Gasteiger partial charge in [0.2, 0.25) is 0 Å². The molecule has 1 rings (SSSR count). The van der Waals surface area contributed by atoms with E-state index >= 15 is 0 Å². The van der Waals surface area contributed by atoms with Crippen molar-refractivity contribution in [2.45, 2.75) is 13.2 Å². The Morgan fingerprint density at radius 2 is 2.14 bits per heavy atom. The maximum Gasteiger partial charge on any atom is 0.311 e. The van der Waals surface area contributed by atoms with Crippen molar-refractivity contribution in [3.63, 3.8) is 0 Å². The van der Waals surface area contributed by atoms with E-state index in [1.165, 1.54) is 6.07 Å². The van der Waals surface area contributed by atoms with Crippen LogP contribution in [0.15, 0.2) is 24.3 Å². The zero-order valence-electron chi connectivity index (χ0n) is 7.97. The van der Waals surface area contributed by atoms with E-state index in [2.05, 4.69) is 0 Å². The minimum atomic E-state index is -0.477. The minimum absolute atomic E-state index is 0.0435. The molecule has 0 N–H and O–H groups in total. The van der Waals surface area contributed by atoms with Crippen LogP contribution in [0.2, 0.25) is 0 Å². The molecule has 1 unspecified atom stereocenters. The van der Waals surface area contributed by atoms with E-state index in [4.69, 9.17) is 9.16 Å². The van der Waals surface area contributed by atoms with Crippen molar-refractivity contribution >= 4 is 16.2 Å². The summed E-state index contributed by atoms with van der Waals surface area (Å²) in [7, 11) is 0.533. The molecule has 0 radical (unpaired) electrons. The second-order valence-corrected chi connectivity index (χ2v) is 3.12. The van der Waals surface area contributed by atoms with Crippen LogP contribution in [0.25, 0.3) is 0 Å². The number of benzene rings is 1. The average molecular weight is 213 g/mol. The lowest BCUT2D eigenvalue weighted by molar-refractivity contribution is -0.386. The van der Waals surface area contributed by atoms with Crippen LogP contribution < -0.4 is 4.74 Å². The van der Waals surface area contributed by atoms with Crippen molar-refractivity contribution < 1.29 is 14.1 Å². The summed E-state index contributed by atoms with van der Waals surface area (Å²) in [5.74, 6) is 0.237. The van der Waals surface area contributed by atoms with E-state index in [0.29, 0.717) is 10.5 Å². The van der Waals surface area contributed by atoms with Crippen molar-refractivity contribution in [2.75, 3.05) is 0 Å². The first kappa shape index (κ1) is 10.7. The van der Waals surface area contributed by atoms with E-state index in [-0.39, 0.29) is 11.4 Å². The Balaban J connectivity index is 2.90. The summed E-state index contributed by atoms with van der Waals surface area (Å²) >= 11 is 0. The molecule has 0 saturated carbocycles. The molecule has 0 aliphatic heterocycles. The van der Waals surface area contributed by atoms with Crippen molar-refractivity contribution in [3.8, 4) is 5.75 Å². The lowest BCUT2D eigenvalue weighted by Gasteiger charge is -2.12. The fourth-order valence-electron chi connectivity index (χ4n) is 0.935. The molecular weight excluding hydrogens is 202 g/mol. The predicted molar refractivity (Wildman–Crippen MR) is 54.2 cm³/mol. The van der Waals surface area contributed by atoms with Crippen molar-refractivity contribution in [2.24, 2.45) is 0 Å². The Hall–Kier alpha value is -1.40. The van der Waals surface area contributed by atoms with Crippen LogP contribution >= 0.6 is 0 Å². The number of para-hydroxylation sites is 2. The van der Waals surface area contributed by atoms with Crippen LogP contribution in [0.4, 0.5) is 5.69 Å². The largest absolute Gasteiger partial charge is 0.459 e. The van der Waals surface area contributed by atoms with Crippen molar-refractivity contribution in [3.05, 3.63) is 34.4 Å². The number of nitro benzene ring substituents is 1. The van der Waals surface area contributed by atoms with Gasteiger partial charge in [-0.3, -0.25) is 10.1 Å². The van der Waals surface area contributed by atoms with Gasteiger partial charge in [-0.2, -0.15) is 0 Å². The molecule has 0 aliphatic carbocycles. The Morgan fingerprint density at radius 3 is 2.71 bits per heavy atom. The molecule has 1 aromatic carbocycles. The van der Waals surface area contributed by atoms with Gasteiger partial charge >= 0.3 is 5.69 Å². The third-order valence-electron chi connectivity index (χ3n) is 1.69. The second kappa shape index (κ2) is 4.73. The van der Waals surface area contributed by atoms with Gasteiger partial charge in [-0.25, -0.2) is 0 Å². The van der Waals surface area contributed by atoms with Gasteiger partial charge in [0.15, 0.2) is 22.5 Å². The first-order valence-corrected chi connectivity index (χ1v) is 4.89. The van der Waals surface area contributed by atoms with Gasteiger partial charge in [-0.15, -0.1) is 0 Å². The Morgan fingerprint density at radius 1 is 1.50 bits per heavy atom. The van der Waals surface area contributed by atoms with Crippen LogP contribution in [-0.4, -0.2) is 21.7 Å². The maximum atomic E-state index is 10.6. The highest BCUT2D eigenvalue weighted by molar-refractivity contribution is 5.98. The summed E-state index contributed by atoms with van der Waals surface area (Å²) in [6, 6.07) is 6.23. The Labute approximate surface area is 84.3 Å². The third-order valence-corrected chi connectivity index (χ3v) is 2.35. The summed E-state index contributed by atoms with van der Waals surface area (Å²) in [5, 5.41) is 10.6. The van der Waals surface area contributed by atoms with Crippen LogP contribution in [0.5, 0.6) is 5.75 Å². The molecular formula is C8H11NO4Si. The lowest BCUT2D eigenvalue weighted by Crippen LogP contribution is -2.15. The second-order valence-electron chi connectivity index (χ2n) is 2.65. The molecule has 0 saturated heterocycles. The zero-order valence-corrected chi connectivity index (χ0v) is 9.97. The van der Waals surface area contributed by atoms with E-state index in [9.17, 15) is 10.1 Å². The quantitative estimate of drug-likeness (QED) is 0.318. The van der Waals surface area contributed by atoms with Gasteiger partial charge in [0.25, 0.3) is 0 Å². The molecule has 0 aromatic heterocycles. The molecule has 0 heterocycles. The molecule has 14 heavy (non-hydrogen) atoms. The van der Waals surface area contributed by atoms with Gasteiger partial charge in [0, 0.05) is 6.07 Å². The van der Waals surface area contributed by atoms with E-state index in [0.717, 1.165) is 0 Å². The average Bonchev–Trinajstić information content (AvgIpc) is 2.18. The monoisotopic (exact) mass is 213 g/mol. The smallest absolute Gasteiger partial charge is 0.311 e. The first-order chi connectivity index (χ1) is 6.65. The Kier molecular flexibility index (Phi) is 3.61. The summed E-state index contributed by atoms with van der Waals surface area (Å²) < 4.78 is 10.2. The fourth-order valence-corrected chi connectivity index (χ4v) is 1.03. The van der Waals surface area contributed by atoms with Crippen LogP contribution in [0.1, 0.15) is 6.92 Å². The summed E-state index contributed by atoms with van der Waals surface area (Å²) in [6.45, 7) is 1.70. The molecule has 1 aromatic rings. The maximum absolute atomic E-state index is 10.6. The van der Waals surface area contributed by atoms with Gasteiger partial charge < -0.3 is 9.16 Å². The number of nitrogens with zero attached hydrogens (tertiary/aromatic N) is 1. The number of hydrogen-bond acceptors (Lipinski definition) is 4. The van der Waals surface area contributed by atoms with Crippen molar-refractivity contribution in [1.29, 1.82) is 0 Å². The number of hydrogen-bond donors (Lipinski definition) is 0. The number of nitro groups is 1. The number of rotatable bonds is 4. The first-order valence-electron chi connectivity index (χ1n) is 4.08. The van der Waals surface area contributed by atoms with Crippen molar-refractivity contribution in [1.82, 2.24) is 0 Å². The van der Waals surface area contributed by atoms with E-state index in [1.807, 2.05) is 0 Å². The minimum Gasteiger partial charge on any atom is -0.459 e. The van der Waals surface area contributed by atoms with E-state index < -0.39 is 11.2 Å². The van der Waals surface area contributed by atoms with Gasteiger partial charge in [0.1, 0.15) is 0 Å². The lowest BCUT2D eigenvalue weighted by atomic mass is 10.3. The molecule has 0 aliphatic rings.